The SMILES string of the molecule is CCCc1cc2cccnc2c2ncccc12. The van der Waals surface area contributed by atoms with Gasteiger partial charge in [-0.1, -0.05) is 25.5 Å². The highest BCUT2D eigenvalue weighted by atomic mass is 14.7. The Kier molecular flexibility index (Phi) is 2.48. The van der Waals surface area contributed by atoms with E-state index < -0.39 is 0 Å². The van der Waals surface area contributed by atoms with E-state index in [1.54, 1.807) is 0 Å². The van der Waals surface area contributed by atoms with Gasteiger partial charge in [0.25, 0.3) is 0 Å². The van der Waals surface area contributed by atoms with E-state index in [0.717, 1.165) is 23.9 Å². The third-order valence-electron chi connectivity index (χ3n) is 3.07. The Bertz CT molecular complexity index is 674. The number of nitrogens with zero attached hydrogens (tertiary/aromatic N) is 2. The molecule has 1 aromatic carbocycles. The highest BCUT2D eigenvalue weighted by molar-refractivity contribution is 6.04. The van der Waals surface area contributed by atoms with Crippen molar-refractivity contribution in [1.82, 2.24) is 9.97 Å². The van der Waals surface area contributed by atoms with Crippen molar-refractivity contribution in [3.05, 3.63) is 48.3 Å². The Labute approximate surface area is 100 Å². The molecule has 2 heterocycles. The predicted molar refractivity (Wildman–Crippen MR) is 71.0 cm³/mol. The second-order valence-electron chi connectivity index (χ2n) is 4.26. The number of hydrogen-bond donors (Lipinski definition) is 0. The van der Waals surface area contributed by atoms with Crippen LogP contribution in [0.1, 0.15) is 18.9 Å². The van der Waals surface area contributed by atoms with Crippen molar-refractivity contribution in [2.45, 2.75) is 19.8 Å². The maximum absolute atomic E-state index is 4.49. The van der Waals surface area contributed by atoms with Gasteiger partial charge in [0, 0.05) is 23.2 Å². The number of hydrogen-bond acceptors (Lipinski definition) is 2. The van der Waals surface area contributed by atoms with Crippen molar-refractivity contribution in [1.29, 1.82) is 0 Å². The molecule has 2 nitrogen and oxygen atoms in total. The Balaban J connectivity index is 2.45. The Hall–Kier alpha value is -1.96. The summed E-state index contributed by atoms with van der Waals surface area (Å²) in [5.41, 5.74) is 3.40. The monoisotopic (exact) mass is 222 g/mol. The maximum atomic E-state index is 4.49. The van der Waals surface area contributed by atoms with Gasteiger partial charge in [0.1, 0.15) is 0 Å². The molecule has 0 N–H and O–H groups in total. The first-order chi connectivity index (χ1) is 8.40. The van der Waals surface area contributed by atoms with E-state index in [2.05, 4.69) is 35.1 Å². The van der Waals surface area contributed by atoms with Crippen molar-refractivity contribution in [2.75, 3.05) is 0 Å². The fourth-order valence-electron chi connectivity index (χ4n) is 2.33. The van der Waals surface area contributed by atoms with Gasteiger partial charge in [0.05, 0.1) is 11.0 Å². The molecule has 0 fully saturated rings. The molecule has 0 aliphatic heterocycles. The van der Waals surface area contributed by atoms with Crippen LogP contribution in [0, 0.1) is 0 Å². The Morgan fingerprint density at radius 3 is 2.59 bits per heavy atom. The first kappa shape index (κ1) is 10.2. The minimum Gasteiger partial charge on any atom is -0.254 e. The van der Waals surface area contributed by atoms with E-state index in [1.807, 2.05) is 24.5 Å². The first-order valence-corrected chi connectivity index (χ1v) is 6.01. The van der Waals surface area contributed by atoms with Crippen LogP contribution in [0.2, 0.25) is 0 Å². The summed E-state index contributed by atoms with van der Waals surface area (Å²) in [5.74, 6) is 0. The van der Waals surface area contributed by atoms with Crippen LogP contribution in [0.15, 0.2) is 42.7 Å². The van der Waals surface area contributed by atoms with Crippen LogP contribution in [-0.4, -0.2) is 9.97 Å². The van der Waals surface area contributed by atoms with E-state index in [-0.39, 0.29) is 0 Å². The third kappa shape index (κ3) is 1.66. The zero-order chi connectivity index (χ0) is 11.7. The molecule has 2 heteroatoms. The molecule has 84 valence electrons. The molecule has 0 atom stereocenters. The fraction of sp³-hybridized carbons (Fsp3) is 0.200. The van der Waals surface area contributed by atoms with E-state index >= 15 is 0 Å². The summed E-state index contributed by atoms with van der Waals surface area (Å²) in [6, 6.07) is 10.5. The molecule has 0 aliphatic rings. The van der Waals surface area contributed by atoms with E-state index in [4.69, 9.17) is 0 Å². The molecular formula is C15H14N2. The molecule has 0 saturated carbocycles. The molecule has 0 spiro atoms. The van der Waals surface area contributed by atoms with Crippen LogP contribution in [0.5, 0.6) is 0 Å². The Morgan fingerprint density at radius 2 is 1.76 bits per heavy atom. The number of fused-ring (bicyclic) bond motifs is 3. The smallest absolute Gasteiger partial charge is 0.0967 e. The van der Waals surface area contributed by atoms with E-state index in [1.165, 1.54) is 16.3 Å². The van der Waals surface area contributed by atoms with Crippen molar-refractivity contribution < 1.29 is 0 Å². The topological polar surface area (TPSA) is 25.8 Å². The molecular weight excluding hydrogens is 208 g/mol. The molecule has 0 unspecified atom stereocenters. The van der Waals surface area contributed by atoms with Crippen molar-refractivity contribution in [3.63, 3.8) is 0 Å². The summed E-state index contributed by atoms with van der Waals surface area (Å²) in [4.78, 5) is 8.94. The van der Waals surface area contributed by atoms with Crippen LogP contribution < -0.4 is 0 Å². The quantitative estimate of drug-likeness (QED) is 0.617. The zero-order valence-corrected chi connectivity index (χ0v) is 9.85. The first-order valence-electron chi connectivity index (χ1n) is 6.01. The van der Waals surface area contributed by atoms with Gasteiger partial charge >= 0.3 is 0 Å². The number of aromatic nitrogens is 2. The normalized spacial score (nSPS) is 11.1. The molecule has 0 amide bonds. The van der Waals surface area contributed by atoms with E-state index in [9.17, 15) is 0 Å². The second kappa shape index (κ2) is 4.13. The lowest BCUT2D eigenvalue weighted by atomic mass is 10.0. The standard InChI is InChI=1S/C15H14N2/c1-2-5-11-10-12-6-3-8-16-14(12)15-13(11)7-4-9-17-15/h3-4,6-10H,2,5H2,1H3. The third-order valence-corrected chi connectivity index (χ3v) is 3.07. The van der Waals surface area contributed by atoms with Gasteiger partial charge in [0.2, 0.25) is 0 Å². The van der Waals surface area contributed by atoms with Crippen LogP contribution in [-0.2, 0) is 6.42 Å². The summed E-state index contributed by atoms with van der Waals surface area (Å²) in [6.07, 6.45) is 5.91. The van der Waals surface area contributed by atoms with Crippen LogP contribution in [0.25, 0.3) is 21.8 Å². The number of rotatable bonds is 2. The average molecular weight is 222 g/mol. The summed E-state index contributed by atoms with van der Waals surface area (Å²) in [7, 11) is 0. The van der Waals surface area contributed by atoms with Gasteiger partial charge in [0.15, 0.2) is 0 Å². The molecule has 0 radical (unpaired) electrons. The van der Waals surface area contributed by atoms with Gasteiger partial charge in [-0.15, -0.1) is 0 Å². The lowest BCUT2D eigenvalue weighted by Gasteiger charge is -2.07. The van der Waals surface area contributed by atoms with Gasteiger partial charge in [-0.2, -0.15) is 0 Å². The van der Waals surface area contributed by atoms with Gasteiger partial charge in [-0.25, -0.2) is 0 Å². The molecule has 0 bridgehead atoms. The minimum absolute atomic E-state index is 1.00. The average Bonchev–Trinajstić information content (AvgIpc) is 2.39. The molecule has 0 aliphatic carbocycles. The summed E-state index contributed by atoms with van der Waals surface area (Å²) in [5, 5.41) is 2.42. The minimum atomic E-state index is 1.00. The van der Waals surface area contributed by atoms with E-state index in [0.29, 0.717) is 0 Å². The lowest BCUT2D eigenvalue weighted by Crippen LogP contribution is -1.91. The van der Waals surface area contributed by atoms with Crippen LogP contribution >= 0.6 is 0 Å². The van der Waals surface area contributed by atoms with Gasteiger partial charge in [-0.05, 0) is 30.2 Å². The maximum Gasteiger partial charge on any atom is 0.0967 e. The van der Waals surface area contributed by atoms with Gasteiger partial charge in [-0.3, -0.25) is 9.97 Å². The molecule has 3 aromatic rings. The second-order valence-corrected chi connectivity index (χ2v) is 4.26. The van der Waals surface area contributed by atoms with Crippen molar-refractivity contribution in [3.8, 4) is 0 Å². The fourth-order valence-corrected chi connectivity index (χ4v) is 2.33. The number of benzene rings is 1. The van der Waals surface area contributed by atoms with Crippen LogP contribution in [0.4, 0.5) is 0 Å². The Morgan fingerprint density at radius 1 is 1.00 bits per heavy atom. The highest BCUT2D eigenvalue weighted by Gasteiger charge is 2.06. The van der Waals surface area contributed by atoms with Crippen LogP contribution in [0.3, 0.4) is 0 Å². The molecule has 2 aromatic heterocycles. The predicted octanol–water partition coefficient (Wildman–Crippen LogP) is 3.74. The van der Waals surface area contributed by atoms with Gasteiger partial charge < -0.3 is 0 Å². The van der Waals surface area contributed by atoms with Crippen molar-refractivity contribution >= 4 is 21.8 Å². The molecule has 17 heavy (non-hydrogen) atoms. The number of aryl methyl sites for hydroxylation is 1. The molecule has 0 saturated heterocycles. The number of pyridine rings is 2. The summed E-state index contributed by atoms with van der Waals surface area (Å²) < 4.78 is 0. The summed E-state index contributed by atoms with van der Waals surface area (Å²) in [6.45, 7) is 2.20. The molecule has 3 rings (SSSR count). The zero-order valence-electron chi connectivity index (χ0n) is 9.85. The van der Waals surface area contributed by atoms with Crippen molar-refractivity contribution in [2.24, 2.45) is 0 Å². The highest BCUT2D eigenvalue weighted by Crippen LogP contribution is 2.26. The lowest BCUT2D eigenvalue weighted by molar-refractivity contribution is 0.930. The summed E-state index contributed by atoms with van der Waals surface area (Å²) >= 11 is 0. The largest absolute Gasteiger partial charge is 0.254 e.